The Kier molecular flexibility index (Phi) is 4.88. The highest BCUT2D eigenvalue weighted by Gasteiger charge is 2.13. The van der Waals surface area contributed by atoms with Crippen molar-refractivity contribution in [2.24, 2.45) is 0 Å². The van der Waals surface area contributed by atoms with Crippen LogP contribution in [0.2, 0.25) is 0 Å². The Labute approximate surface area is 147 Å². The lowest BCUT2D eigenvalue weighted by molar-refractivity contribution is 0.0599. The number of hydrogen-bond donors (Lipinski definition) is 0. The summed E-state index contributed by atoms with van der Waals surface area (Å²) >= 11 is 0. The Balaban J connectivity index is 2.02. The number of methoxy groups -OCH3 is 1. The molecule has 0 saturated heterocycles. The third kappa shape index (κ3) is 3.66. The van der Waals surface area contributed by atoms with Gasteiger partial charge >= 0.3 is 5.97 Å². The molecule has 0 aliphatic heterocycles. The lowest BCUT2D eigenvalue weighted by atomic mass is 10.1. The maximum absolute atomic E-state index is 13.4. The SMILES string of the molecule is COC(=O)c1ccccc1Cn1nc(-c2cc(F)cc(F)c2)ccc1=O. The van der Waals surface area contributed by atoms with Crippen LogP contribution in [0, 0.1) is 11.6 Å². The van der Waals surface area contributed by atoms with Gasteiger partial charge in [0.1, 0.15) is 11.6 Å². The Morgan fingerprint density at radius 3 is 2.46 bits per heavy atom. The fourth-order valence-corrected chi connectivity index (χ4v) is 2.55. The maximum Gasteiger partial charge on any atom is 0.338 e. The van der Waals surface area contributed by atoms with Crippen LogP contribution in [0.3, 0.4) is 0 Å². The lowest BCUT2D eigenvalue weighted by Crippen LogP contribution is -2.24. The van der Waals surface area contributed by atoms with E-state index in [2.05, 4.69) is 5.10 Å². The predicted molar refractivity (Wildman–Crippen MR) is 90.7 cm³/mol. The van der Waals surface area contributed by atoms with Crippen LogP contribution in [0.5, 0.6) is 0 Å². The number of halogens is 2. The highest BCUT2D eigenvalue weighted by atomic mass is 19.1. The van der Waals surface area contributed by atoms with Crippen LogP contribution < -0.4 is 5.56 Å². The minimum absolute atomic E-state index is 0.00967. The normalized spacial score (nSPS) is 10.6. The Hall–Kier alpha value is -3.35. The number of ether oxygens (including phenoxy) is 1. The van der Waals surface area contributed by atoms with Crippen LogP contribution in [0.1, 0.15) is 15.9 Å². The first-order valence-corrected chi connectivity index (χ1v) is 7.69. The van der Waals surface area contributed by atoms with Gasteiger partial charge in [-0.1, -0.05) is 18.2 Å². The summed E-state index contributed by atoms with van der Waals surface area (Å²) in [7, 11) is 1.27. The first kappa shape index (κ1) is 17.5. The molecule has 7 heteroatoms. The zero-order chi connectivity index (χ0) is 18.7. The molecule has 0 saturated carbocycles. The van der Waals surface area contributed by atoms with Crippen molar-refractivity contribution in [3.8, 4) is 11.3 Å². The van der Waals surface area contributed by atoms with Gasteiger partial charge in [-0.15, -0.1) is 0 Å². The monoisotopic (exact) mass is 356 g/mol. The zero-order valence-corrected chi connectivity index (χ0v) is 13.8. The van der Waals surface area contributed by atoms with Crippen LogP contribution in [0.15, 0.2) is 59.4 Å². The predicted octanol–water partition coefficient (Wildman–Crippen LogP) is 3.02. The summed E-state index contributed by atoms with van der Waals surface area (Å²) < 4.78 is 32.7. The van der Waals surface area contributed by atoms with E-state index in [0.29, 0.717) is 11.1 Å². The molecule has 5 nitrogen and oxygen atoms in total. The van der Waals surface area contributed by atoms with Crippen LogP contribution >= 0.6 is 0 Å². The van der Waals surface area contributed by atoms with Gasteiger partial charge in [-0.3, -0.25) is 4.79 Å². The van der Waals surface area contributed by atoms with Gasteiger partial charge in [0.15, 0.2) is 0 Å². The fraction of sp³-hybridized carbons (Fsp3) is 0.105. The number of rotatable bonds is 4. The van der Waals surface area contributed by atoms with Crippen LogP contribution in [0.4, 0.5) is 8.78 Å². The molecular formula is C19H14F2N2O3. The van der Waals surface area contributed by atoms with Gasteiger partial charge in [0, 0.05) is 17.7 Å². The second kappa shape index (κ2) is 7.26. The van der Waals surface area contributed by atoms with Crippen molar-refractivity contribution in [1.29, 1.82) is 0 Å². The number of carbonyl (C=O) groups is 1. The number of hydrogen-bond acceptors (Lipinski definition) is 4. The molecule has 0 fully saturated rings. The van der Waals surface area contributed by atoms with Crippen molar-refractivity contribution in [1.82, 2.24) is 9.78 Å². The number of nitrogens with zero attached hydrogens (tertiary/aromatic N) is 2. The second-order valence-corrected chi connectivity index (χ2v) is 5.52. The fourth-order valence-electron chi connectivity index (χ4n) is 2.55. The van der Waals surface area contributed by atoms with Crippen LogP contribution in [0.25, 0.3) is 11.3 Å². The van der Waals surface area contributed by atoms with E-state index >= 15 is 0 Å². The molecule has 3 aromatic rings. The molecule has 0 radical (unpaired) electrons. The summed E-state index contributed by atoms with van der Waals surface area (Å²) in [5.74, 6) is -2.01. The van der Waals surface area contributed by atoms with Gasteiger partial charge in [0.2, 0.25) is 0 Å². The van der Waals surface area contributed by atoms with Crippen molar-refractivity contribution < 1.29 is 18.3 Å². The molecule has 1 heterocycles. The van der Waals surface area contributed by atoms with Crippen LogP contribution in [-0.4, -0.2) is 22.9 Å². The molecule has 0 aliphatic carbocycles. The van der Waals surface area contributed by atoms with Gasteiger partial charge in [0.25, 0.3) is 5.56 Å². The second-order valence-electron chi connectivity index (χ2n) is 5.52. The van der Waals surface area contributed by atoms with E-state index in [1.165, 1.54) is 19.2 Å². The summed E-state index contributed by atoms with van der Waals surface area (Å²) in [5, 5.41) is 4.17. The smallest absolute Gasteiger partial charge is 0.338 e. The van der Waals surface area contributed by atoms with Crippen LogP contribution in [-0.2, 0) is 11.3 Å². The molecule has 0 unspecified atom stereocenters. The Bertz CT molecular complexity index is 1010. The van der Waals surface area contributed by atoms with E-state index in [9.17, 15) is 18.4 Å². The van der Waals surface area contributed by atoms with E-state index in [1.54, 1.807) is 24.3 Å². The van der Waals surface area contributed by atoms with Gasteiger partial charge in [-0.05, 0) is 29.8 Å². The molecule has 2 aromatic carbocycles. The highest BCUT2D eigenvalue weighted by Crippen LogP contribution is 2.19. The summed E-state index contributed by atoms with van der Waals surface area (Å²) in [6, 6.07) is 12.3. The zero-order valence-electron chi connectivity index (χ0n) is 13.8. The molecule has 0 amide bonds. The third-order valence-electron chi connectivity index (χ3n) is 3.77. The van der Waals surface area contributed by atoms with Gasteiger partial charge in [-0.2, -0.15) is 5.10 Å². The van der Waals surface area contributed by atoms with Crippen molar-refractivity contribution >= 4 is 5.97 Å². The molecule has 0 aliphatic rings. The van der Waals surface area contributed by atoms with Crippen molar-refractivity contribution in [3.63, 3.8) is 0 Å². The lowest BCUT2D eigenvalue weighted by Gasteiger charge is -2.10. The molecular weight excluding hydrogens is 342 g/mol. The van der Waals surface area contributed by atoms with E-state index in [0.717, 1.165) is 22.9 Å². The minimum Gasteiger partial charge on any atom is -0.465 e. The first-order chi connectivity index (χ1) is 12.5. The topological polar surface area (TPSA) is 61.2 Å². The van der Waals surface area contributed by atoms with E-state index in [1.807, 2.05) is 0 Å². The number of aromatic nitrogens is 2. The number of carbonyl (C=O) groups excluding carboxylic acids is 1. The Morgan fingerprint density at radius 2 is 1.77 bits per heavy atom. The van der Waals surface area contributed by atoms with Gasteiger partial charge in [-0.25, -0.2) is 18.3 Å². The molecule has 0 atom stereocenters. The van der Waals surface area contributed by atoms with Crippen molar-refractivity contribution in [2.45, 2.75) is 6.54 Å². The first-order valence-electron chi connectivity index (χ1n) is 7.69. The maximum atomic E-state index is 13.4. The summed E-state index contributed by atoms with van der Waals surface area (Å²) in [6.07, 6.45) is 0. The van der Waals surface area contributed by atoms with E-state index in [4.69, 9.17) is 4.74 Å². The highest BCUT2D eigenvalue weighted by molar-refractivity contribution is 5.90. The quantitative estimate of drug-likeness (QED) is 0.674. The molecule has 26 heavy (non-hydrogen) atoms. The van der Waals surface area contributed by atoms with Crippen molar-refractivity contribution in [2.75, 3.05) is 7.11 Å². The average Bonchev–Trinajstić information content (AvgIpc) is 2.62. The molecule has 132 valence electrons. The number of esters is 1. The van der Waals surface area contributed by atoms with Gasteiger partial charge in [0.05, 0.1) is 24.9 Å². The Morgan fingerprint density at radius 1 is 1.08 bits per heavy atom. The largest absolute Gasteiger partial charge is 0.465 e. The number of benzene rings is 2. The molecule has 0 spiro atoms. The minimum atomic E-state index is -0.740. The summed E-state index contributed by atoms with van der Waals surface area (Å²) in [5.41, 5.74) is 0.878. The third-order valence-corrected chi connectivity index (χ3v) is 3.77. The van der Waals surface area contributed by atoms with E-state index < -0.39 is 23.2 Å². The summed E-state index contributed by atoms with van der Waals surface area (Å²) in [4.78, 5) is 24.0. The molecule has 0 bridgehead atoms. The molecule has 1 aromatic heterocycles. The van der Waals surface area contributed by atoms with E-state index in [-0.39, 0.29) is 17.8 Å². The standard InChI is InChI=1S/C19H14F2N2O3/c1-26-19(25)16-5-3-2-4-12(16)11-23-18(24)7-6-17(22-23)13-8-14(20)10-15(21)9-13/h2-10H,11H2,1H3. The molecule has 0 N–H and O–H groups in total. The van der Waals surface area contributed by atoms with Gasteiger partial charge < -0.3 is 4.74 Å². The molecule has 3 rings (SSSR count). The summed E-state index contributed by atoms with van der Waals surface area (Å²) in [6.45, 7) is 0.00967. The van der Waals surface area contributed by atoms with Crippen molar-refractivity contribution in [3.05, 3.63) is 87.7 Å². The average molecular weight is 356 g/mol.